The summed E-state index contributed by atoms with van der Waals surface area (Å²) in [6.07, 6.45) is 0. The van der Waals surface area contributed by atoms with Gasteiger partial charge in [-0.2, -0.15) is 0 Å². The summed E-state index contributed by atoms with van der Waals surface area (Å²) in [5.74, 6) is 0. The molecule has 17 heteroatoms. The van der Waals surface area contributed by atoms with Crippen LogP contribution >= 0.6 is 0 Å². The van der Waals surface area contributed by atoms with Crippen LogP contribution in [0, 0.1) is 0 Å². The third-order valence-electron chi connectivity index (χ3n) is 0. The van der Waals surface area contributed by atoms with E-state index in [0.29, 0.717) is 0 Å². The van der Waals surface area contributed by atoms with Crippen molar-refractivity contribution in [3.63, 3.8) is 0 Å². The van der Waals surface area contributed by atoms with Crippen molar-refractivity contribution < 1.29 is 87.1 Å². The predicted molar refractivity (Wildman–Crippen MR) is 43.0 cm³/mol. The Morgan fingerprint density at radius 1 is 0.529 bits per heavy atom. The first-order valence-electron chi connectivity index (χ1n) is 2.62. The molecule has 0 radical (unpaired) electrons. The Balaban J connectivity index is -0.0000000400. The van der Waals surface area contributed by atoms with Crippen LogP contribution in [0.1, 0.15) is 0 Å². The molecule has 9 N–H and O–H groups in total. The van der Waals surface area contributed by atoms with E-state index in [1.165, 1.54) is 0 Å². The van der Waals surface area contributed by atoms with Crippen molar-refractivity contribution in [2.45, 2.75) is 0 Å². The maximum atomic E-state index is 8.69. The first-order chi connectivity index (χ1) is 6.00. The molecule has 0 heterocycles. The quantitative estimate of drug-likeness (QED) is 0.187. The molecule has 0 aromatic heterocycles. The number of rotatable bonds is 0. The summed E-state index contributed by atoms with van der Waals surface area (Å²) in [7, 11) is -14.6. The smallest absolute Gasteiger partial charge is 0.861 e. The van der Waals surface area contributed by atoms with Crippen molar-refractivity contribution in [3.05, 3.63) is 0 Å². The van der Waals surface area contributed by atoms with Gasteiger partial charge in [-0.3, -0.25) is 0 Å². The predicted octanol–water partition coefficient (Wildman–Crippen LogP) is -13.1. The number of hydrogen-bond donors (Lipinski definition) is 9. The van der Waals surface area contributed by atoms with Crippen molar-refractivity contribution >= 4 is 50.2 Å². The molecular formula is H9MgNaO12Si3. The number of hydrogen-bond acceptors (Lipinski definition) is 12. The van der Waals surface area contributed by atoms with E-state index in [9.17, 15) is 0 Å². The van der Waals surface area contributed by atoms with Gasteiger partial charge in [0.05, 0.1) is 0 Å². The Hall–Kier alpha value is 1.94. The Morgan fingerprint density at radius 2 is 0.529 bits per heavy atom. The zero-order valence-corrected chi connectivity index (χ0v) is 14.9. The molecule has 0 aromatic rings. The van der Waals surface area contributed by atoms with Crippen LogP contribution in [0.4, 0.5) is 0 Å². The van der Waals surface area contributed by atoms with Crippen LogP contribution < -0.4 is 43.9 Å². The molecule has 96 valence electrons. The van der Waals surface area contributed by atoms with Gasteiger partial charge in [0.2, 0.25) is 0 Å². The normalized spacial score (nSPS) is 10.6. The maximum absolute atomic E-state index is 8.69. The average Bonchev–Trinajstić information content (AvgIpc) is 1.41. The zero-order chi connectivity index (χ0) is 13.5. The molecule has 0 saturated heterocycles. The minimum absolute atomic E-state index is 0. The summed E-state index contributed by atoms with van der Waals surface area (Å²) in [5.41, 5.74) is 0. The topological polar surface area (TPSA) is 251 Å². The van der Waals surface area contributed by atoms with Crippen LogP contribution in [0.3, 0.4) is 0 Å². The van der Waals surface area contributed by atoms with E-state index in [0.717, 1.165) is 0 Å². The monoisotopic (exact) mass is 332 g/mol. The molecule has 0 amide bonds. The molecule has 0 aliphatic heterocycles. The van der Waals surface area contributed by atoms with Gasteiger partial charge >= 0.3 is 70.7 Å². The molecular weight excluding hydrogens is 324 g/mol. The molecule has 0 aromatic carbocycles. The molecule has 0 unspecified atom stereocenters. The van der Waals surface area contributed by atoms with Crippen LogP contribution in [-0.2, 0) is 0 Å². The summed E-state index contributed by atoms with van der Waals surface area (Å²) >= 11 is 0. The second-order valence-electron chi connectivity index (χ2n) is 1.72. The Bertz CT molecular complexity index is 96.8. The molecule has 0 fully saturated rings. The maximum Gasteiger partial charge on any atom is 2.00 e. The van der Waals surface area contributed by atoms with Gasteiger partial charge in [0.25, 0.3) is 0 Å². The van der Waals surface area contributed by atoms with E-state index in [1.807, 2.05) is 0 Å². The van der Waals surface area contributed by atoms with Crippen LogP contribution in [0.25, 0.3) is 0 Å². The Kier molecular flexibility index (Phi) is 23.9. The minimum Gasteiger partial charge on any atom is -0.861 e. The standard InChI is InChI=1S/Mg.Na.2H4O4Si.HO4Si/c;;3*1-5(2,3)4/h;;2*1-4H;1H/q+2;+1;;;-3. The van der Waals surface area contributed by atoms with Crippen molar-refractivity contribution in [1.82, 2.24) is 0 Å². The molecule has 0 bridgehead atoms. The van der Waals surface area contributed by atoms with Gasteiger partial charge < -0.3 is 57.5 Å². The van der Waals surface area contributed by atoms with Gasteiger partial charge in [-0.25, -0.2) is 0 Å². The third-order valence-corrected chi connectivity index (χ3v) is 0. The molecule has 12 nitrogen and oxygen atoms in total. The summed E-state index contributed by atoms with van der Waals surface area (Å²) in [6, 6.07) is 0. The van der Waals surface area contributed by atoms with E-state index < -0.39 is 27.1 Å². The molecule has 0 spiro atoms. The molecule has 0 rings (SSSR count). The van der Waals surface area contributed by atoms with E-state index in [4.69, 9.17) is 57.5 Å². The van der Waals surface area contributed by atoms with Crippen molar-refractivity contribution in [2.75, 3.05) is 0 Å². The summed E-state index contributed by atoms with van der Waals surface area (Å²) in [4.78, 5) is 91.7. The van der Waals surface area contributed by atoms with Crippen LogP contribution in [0.15, 0.2) is 0 Å². The Morgan fingerprint density at radius 3 is 0.529 bits per heavy atom. The Labute approximate surface area is 136 Å². The fourth-order valence-corrected chi connectivity index (χ4v) is 0. The largest absolute Gasteiger partial charge is 2.00 e. The summed E-state index contributed by atoms with van der Waals surface area (Å²) < 4.78 is 0. The van der Waals surface area contributed by atoms with Gasteiger partial charge in [-0.1, -0.05) is 0 Å². The SMILES string of the molecule is O[Si](O)(O)O.O[Si](O)(O)O.[Mg+2].[Na+].[O-][Si]([O-])([O-])O. The molecule has 17 heavy (non-hydrogen) atoms. The average molecular weight is 333 g/mol. The van der Waals surface area contributed by atoms with Gasteiger partial charge in [0.15, 0.2) is 0 Å². The fourth-order valence-electron chi connectivity index (χ4n) is 0. The third kappa shape index (κ3) is 1210. The van der Waals surface area contributed by atoms with E-state index in [-0.39, 0.29) is 52.6 Å². The van der Waals surface area contributed by atoms with Gasteiger partial charge in [0, 0.05) is 0 Å². The van der Waals surface area contributed by atoms with Gasteiger partial charge in [0.1, 0.15) is 0 Å². The molecule has 0 saturated carbocycles. The molecule has 0 aliphatic rings. The minimum atomic E-state index is -5.36. The van der Waals surface area contributed by atoms with Gasteiger partial charge in [-0.05, 0) is 0 Å². The van der Waals surface area contributed by atoms with Gasteiger partial charge in [-0.15, -0.1) is 9.05 Å². The van der Waals surface area contributed by atoms with Crippen molar-refractivity contribution in [3.8, 4) is 0 Å². The molecule has 0 aliphatic carbocycles. The first-order valence-corrected chi connectivity index (χ1v) is 7.87. The van der Waals surface area contributed by atoms with Crippen molar-refractivity contribution in [2.24, 2.45) is 0 Å². The molecule has 0 atom stereocenters. The van der Waals surface area contributed by atoms with Crippen LogP contribution in [-0.4, -0.2) is 93.4 Å². The summed E-state index contributed by atoms with van der Waals surface area (Å²) in [6.45, 7) is 0. The van der Waals surface area contributed by atoms with E-state index >= 15 is 0 Å². The van der Waals surface area contributed by atoms with E-state index in [1.54, 1.807) is 0 Å². The zero-order valence-electron chi connectivity index (χ0n) is 8.46. The second kappa shape index (κ2) is 12.9. The van der Waals surface area contributed by atoms with Crippen LogP contribution in [0.5, 0.6) is 0 Å². The van der Waals surface area contributed by atoms with E-state index in [2.05, 4.69) is 0 Å². The fraction of sp³-hybridized carbons (Fsp3) is 0. The van der Waals surface area contributed by atoms with Crippen molar-refractivity contribution in [1.29, 1.82) is 0 Å². The first kappa shape index (κ1) is 31.4. The summed E-state index contributed by atoms with van der Waals surface area (Å²) in [5, 5.41) is 0. The van der Waals surface area contributed by atoms with Crippen LogP contribution in [0.2, 0.25) is 0 Å². The second-order valence-corrected chi connectivity index (χ2v) is 5.17.